The first kappa shape index (κ1) is 14.5. The molecule has 0 saturated heterocycles. The van der Waals surface area contributed by atoms with Crippen LogP contribution in [0.2, 0.25) is 0 Å². The van der Waals surface area contributed by atoms with Crippen LogP contribution in [0.25, 0.3) is 0 Å². The summed E-state index contributed by atoms with van der Waals surface area (Å²) in [5.41, 5.74) is 3.32. The molecule has 0 radical (unpaired) electrons. The van der Waals surface area contributed by atoms with Gasteiger partial charge in [-0.3, -0.25) is 4.79 Å². The molecule has 2 rings (SSSR count). The number of carbonyl (C=O) groups is 1. The molecule has 1 aromatic heterocycles. The third-order valence-electron chi connectivity index (χ3n) is 3.11. The van der Waals surface area contributed by atoms with E-state index in [1.165, 1.54) is 16.9 Å². The Hall–Kier alpha value is -1.88. The highest BCUT2D eigenvalue weighted by Crippen LogP contribution is 2.19. The van der Waals surface area contributed by atoms with E-state index >= 15 is 0 Å². The van der Waals surface area contributed by atoms with Crippen LogP contribution in [0.15, 0.2) is 29.8 Å². The van der Waals surface area contributed by atoms with E-state index in [0.717, 1.165) is 11.3 Å². The van der Waals surface area contributed by atoms with Gasteiger partial charge < -0.3 is 10.6 Å². The number of nitrogens with zero attached hydrogens (tertiary/aromatic N) is 1. The number of rotatable bonds is 5. The highest BCUT2D eigenvalue weighted by molar-refractivity contribution is 7.13. The quantitative estimate of drug-likeness (QED) is 0.884. The van der Waals surface area contributed by atoms with Gasteiger partial charge in [0.1, 0.15) is 6.04 Å². The summed E-state index contributed by atoms with van der Waals surface area (Å²) in [7, 11) is 0. The first-order valence-corrected chi connectivity index (χ1v) is 7.52. The van der Waals surface area contributed by atoms with Gasteiger partial charge in [0.15, 0.2) is 5.13 Å². The van der Waals surface area contributed by atoms with Crippen molar-refractivity contribution in [3.05, 3.63) is 40.9 Å². The summed E-state index contributed by atoms with van der Waals surface area (Å²) in [6.45, 7) is 6.07. The van der Waals surface area contributed by atoms with Crippen LogP contribution in [0.1, 0.15) is 24.5 Å². The summed E-state index contributed by atoms with van der Waals surface area (Å²) in [5.74, 6) is -0.0524. The Labute approximate surface area is 123 Å². The number of anilines is 2. The molecule has 5 heteroatoms. The van der Waals surface area contributed by atoms with E-state index in [1.54, 1.807) is 6.20 Å². The van der Waals surface area contributed by atoms with E-state index in [4.69, 9.17) is 0 Å². The number of amides is 1. The molecule has 0 saturated carbocycles. The van der Waals surface area contributed by atoms with E-state index in [-0.39, 0.29) is 11.9 Å². The van der Waals surface area contributed by atoms with E-state index in [1.807, 2.05) is 26.2 Å². The average Bonchev–Trinajstić information content (AvgIpc) is 2.92. The van der Waals surface area contributed by atoms with Crippen LogP contribution in [0.5, 0.6) is 0 Å². The largest absolute Gasteiger partial charge is 0.373 e. The molecule has 20 heavy (non-hydrogen) atoms. The summed E-state index contributed by atoms with van der Waals surface area (Å²) >= 11 is 1.42. The van der Waals surface area contributed by atoms with Crippen molar-refractivity contribution in [1.82, 2.24) is 4.98 Å². The fourth-order valence-corrected chi connectivity index (χ4v) is 2.44. The van der Waals surface area contributed by atoms with Crippen molar-refractivity contribution in [2.24, 2.45) is 0 Å². The molecule has 0 aliphatic carbocycles. The van der Waals surface area contributed by atoms with Crippen LogP contribution in [0.3, 0.4) is 0 Å². The number of benzene rings is 1. The summed E-state index contributed by atoms with van der Waals surface area (Å²) in [4.78, 5) is 16.3. The molecular weight excluding hydrogens is 270 g/mol. The molecule has 2 aromatic rings. The van der Waals surface area contributed by atoms with Crippen molar-refractivity contribution in [1.29, 1.82) is 0 Å². The summed E-state index contributed by atoms with van der Waals surface area (Å²) in [5, 5.41) is 8.63. The predicted octanol–water partition coefficient (Wildman–Crippen LogP) is 3.59. The lowest BCUT2D eigenvalue weighted by molar-refractivity contribution is -0.116. The highest BCUT2D eigenvalue weighted by atomic mass is 32.1. The van der Waals surface area contributed by atoms with Crippen LogP contribution in [0.4, 0.5) is 10.8 Å². The molecule has 4 nitrogen and oxygen atoms in total. The number of carbonyl (C=O) groups excluding carboxylic acids is 1. The topological polar surface area (TPSA) is 54.0 Å². The fourth-order valence-electron chi connectivity index (χ4n) is 1.91. The van der Waals surface area contributed by atoms with Crippen LogP contribution >= 0.6 is 11.3 Å². The second-order valence-corrected chi connectivity index (χ2v) is 5.64. The smallest absolute Gasteiger partial charge is 0.248 e. The van der Waals surface area contributed by atoms with Gasteiger partial charge in [0.2, 0.25) is 5.91 Å². The Balaban J connectivity index is 2.08. The highest BCUT2D eigenvalue weighted by Gasteiger charge is 2.17. The van der Waals surface area contributed by atoms with Crippen LogP contribution in [0, 0.1) is 13.8 Å². The number of aryl methyl sites for hydroxylation is 2. The van der Waals surface area contributed by atoms with Crippen molar-refractivity contribution in [2.45, 2.75) is 33.2 Å². The molecule has 1 heterocycles. The lowest BCUT2D eigenvalue weighted by Crippen LogP contribution is -2.34. The molecule has 1 amide bonds. The van der Waals surface area contributed by atoms with Gasteiger partial charge in [0, 0.05) is 17.3 Å². The van der Waals surface area contributed by atoms with Crippen LogP contribution in [-0.2, 0) is 4.79 Å². The van der Waals surface area contributed by atoms with Gasteiger partial charge in [0.25, 0.3) is 0 Å². The third-order valence-corrected chi connectivity index (χ3v) is 3.80. The van der Waals surface area contributed by atoms with Crippen LogP contribution < -0.4 is 10.6 Å². The van der Waals surface area contributed by atoms with Gasteiger partial charge >= 0.3 is 0 Å². The van der Waals surface area contributed by atoms with E-state index < -0.39 is 0 Å². The first-order valence-electron chi connectivity index (χ1n) is 6.64. The van der Waals surface area contributed by atoms with Gasteiger partial charge in [-0.1, -0.05) is 19.1 Å². The first-order chi connectivity index (χ1) is 9.60. The van der Waals surface area contributed by atoms with Gasteiger partial charge in [-0.2, -0.15) is 0 Å². The number of aromatic nitrogens is 1. The van der Waals surface area contributed by atoms with Gasteiger partial charge in [-0.05, 0) is 37.5 Å². The molecule has 0 aliphatic rings. The molecule has 2 N–H and O–H groups in total. The normalized spacial score (nSPS) is 11.9. The minimum absolute atomic E-state index is 0.0524. The molecular formula is C15H19N3OS. The fraction of sp³-hybridized carbons (Fsp3) is 0.333. The second-order valence-electron chi connectivity index (χ2n) is 4.75. The number of hydrogen-bond acceptors (Lipinski definition) is 4. The molecule has 1 atom stereocenters. The number of nitrogens with one attached hydrogen (secondary N) is 2. The number of thiazole rings is 1. The van der Waals surface area contributed by atoms with E-state index in [9.17, 15) is 4.79 Å². The lowest BCUT2D eigenvalue weighted by Gasteiger charge is -2.19. The Morgan fingerprint density at radius 1 is 1.40 bits per heavy atom. The monoisotopic (exact) mass is 289 g/mol. The Morgan fingerprint density at radius 3 is 2.85 bits per heavy atom. The molecule has 106 valence electrons. The standard InChI is InChI=1S/C15H19N3OS/c1-4-12(14(19)18-15-16-7-8-20-15)17-13-9-10(2)5-6-11(13)3/h5-9,12,17H,4H2,1-3H3,(H,16,18,19)/t12-/m0/s1. The van der Waals surface area contributed by atoms with Gasteiger partial charge in [-0.25, -0.2) is 4.98 Å². The predicted molar refractivity (Wildman–Crippen MR) is 84.4 cm³/mol. The molecule has 1 aromatic carbocycles. The SMILES string of the molecule is CC[C@H](Nc1cc(C)ccc1C)C(=O)Nc1nccs1. The average molecular weight is 289 g/mol. The summed E-state index contributed by atoms with van der Waals surface area (Å²) < 4.78 is 0. The zero-order valence-electron chi connectivity index (χ0n) is 11.9. The Bertz CT molecular complexity index is 581. The van der Waals surface area contributed by atoms with Crippen molar-refractivity contribution in [2.75, 3.05) is 10.6 Å². The van der Waals surface area contributed by atoms with E-state index in [0.29, 0.717) is 11.6 Å². The molecule has 0 spiro atoms. The minimum atomic E-state index is -0.264. The maximum Gasteiger partial charge on any atom is 0.248 e. The minimum Gasteiger partial charge on any atom is -0.373 e. The summed E-state index contributed by atoms with van der Waals surface area (Å²) in [6.07, 6.45) is 2.39. The van der Waals surface area contributed by atoms with Crippen molar-refractivity contribution in [3.63, 3.8) is 0 Å². The van der Waals surface area contributed by atoms with Gasteiger partial charge in [0.05, 0.1) is 0 Å². The van der Waals surface area contributed by atoms with Crippen molar-refractivity contribution < 1.29 is 4.79 Å². The van der Waals surface area contributed by atoms with Crippen LogP contribution in [-0.4, -0.2) is 16.9 Å². The molecule has 0 aliphatic heterocycles. The maximum atomic E-state index is 12.2. The Morgan fingerprint density at radius 2 is 2.20 bits per heavy atom. The zero-order chi connectivity index (χ0) is 14.5. The van der Waals surface area contributed by atoms with Crippen molar-refractivity contribution in [3.8, 4) is 0 Å². The van der Waals surface area contributed by atoms with E-state index in [2.05, 4.69) is 33.8 Å². The molecule has 0 fully saturated rings. The summed E-state index contributed by atoms with van der Waals surface area (Å²) in [6, 6.07) is 5.92. The van der Waals surface area contributed by atoms with Gasteiger partial charge in [-0.15, -0.1) is 11.3 Å². The number of hydrogen-bond donors (Lipinski definition) is 2. The van der Waals surface area contributed by atoms with Crippen molar-refractivity contribution >= 4 is 28.1 Å². The lowest BCUT2D eigenvalue weighted by atomic mass is 10.1. The zero-order valence-corrected chi connectivity index (χ0v) is 12.8. The molecule has 0 bridgehead atoms. The maximum absolute atomic E-state index is 12.2. The third kappa shape index (κ3) is 3.57. The molecule has 0 unspecified atom stereocenters. The second kappa shape index (κ2) is 6.52. The Kier molecular flexibility index (Phi) is 4.74.